The van der Waals surface area contributed by atoms with Gasteiger partial charge in [0.2, 0.25) is 11.1 Å². The lowest BCUT2D eigenvalue weighted by atomic mass is 10.2. The number of amides is 1. The first-order chi connectivity index (χ1) is 10.7. The SMILES string of the molecule is CN(OOS(=O)c1ccccc1)C(=O)/C=C/c1ccccc1. The van der Waals surface area contributed by atoms with Crippen LogP contribution in [0.15, 0.2) is 71.6 Å². The lowest BCUT2D eigenvalue weighted by Gasteiger charge is -2.11. The number of nitrogens with zero attached hydrogens (tertiary/aromatic N) is 1. The molecule has 2 aromatic rings. The molecule has 1 atom stereocenters. The Balaban J connectivity index is 1.84. The van der Waals surface area contributed by atoms with E-state index in [1.54, 1.807) is 36.4 Å². The maximum Gasteiger partial charge on any atom is 0.272 e. The van der Waals surface area contributed by atoms with Gasteiger partial charge in [0.1, 0.15) is 0 Å². The van der Waals surface area contributed by atoms with Crippen molar-refractivity contribution in [3.8, 4) is 0 Å². The van der Waals surface area contributed by atoms with Crippen molar-refractivity contribution < 1.29 is 18.3 Å². The largest absolute Gasteiger partial charge is 0.272 e. The van der Waals surface area contributed by atoms with E-state index in [0.29, 0.717) is 4.90 Å². The quantitative estimate of drug-likeness (QED) is 0.467. The summed E-state index contributed by atoms with van der Waals surface area (Å²) in [6.07, 6.45) is 2.99. The third-order valence-corrected chi connectivity index (χ3v) is 3.51. The zero-order chi connectivity index (χ0) is 15.8. The van der Waals surface area contributed by atoms with Crippen molar-refractivity contribution in [3.05, 3.63) is 72.3 Å². The topological polar surface area (TPSA) is 55.8 Å². The third-order valence-electron chi connectivity index (χ3n) is 2.67. The Morgan fingerprint density at radius 1 is 1.05 bits per heavy atom. The third kappa shape index (κ3) is 4.92. The molecule has 114 valence electrons. The minimum Gasteiger partial charge on any atom is -0.267 e. The highest BCUT2D eigenvalue weighted by atomic mass is 32.2. The number of hydroxylamine groups is 2. The molecule has 6 heteroatoms. The highest BCUT2D eigenvalue weighted by Gasteiger charge is 2.10. The monoisotopic (exact) mass is 317 g/mol. The van der Waals surface area contributed by atoms with Crippen LogP contribution in [0.5, 0.6) is 0 Å². The van der Waals surface area contributed by atoms with Crippen molar-refractivity contribution in [1.29, 1.82) is 0 Å². The Morgan fingerprint density at radius 2 is 1.64 bits per heavy atom. The Labute approximate surface area is 131 Å². The standard InChI is InChI=1S/C16H15NO4S/c1-17(16(18)13-12-14-8-4-2-5-9-14)20-21-22(19)15-10-6-3-7-11-15/h2-13H,1H3/b13-12+. The minimum atomic E-state index is -1.80. The van der Waals surface area contributed by atoms with E-state index < -0.39 is 17.0 Å². The highest BCUT2D eigenvalue weighted by Crippen LogP contribution is 2.08. The molecule has 0 fully saturated rings. The molecule has 0 bridgehead atoms. The van der Waals surface area contributed by atoms with Crippen LogP contribution in [-0.4, -0.2) is 22.2 Å². The summed E-state index contributed by atoms with van der Waals surface area (Å²) in [5.41, 5.74) is 0.887. The van der Waals surface area contributed by atoms with Gasteiger partial charge in [-0.3, -0.25) is 4.79 Å². The van der Waals surface area contributed by atoms with Crippen molar-refractivity contribution in [2.24, 2.45) is 0 Å². The molecule has 0 saturated heterocycles. The van der Waals surface area contributed by atoms with E-state index in [0.717, 1.165) is 10.6 Å². The fourth-order valence-electron chi connectivity index (χ4n) is 1.52. The number of benzene rings is 2. The lowest BCUT2D eigenvalue weighted by Crippen LogP contribution is -2.25. The zero-order valence-electron chi connectivity index (χ0n) is 11.9. The summed E-state index contributed by atoms with van der Waals surface area (Å²) < 4.78 is 16.5. The second-order valence-electron chi connectivity index (χ2n) is 4.27. The fraction of sp³-hybridized carbons (Fsp3) is 0.0625. The molecule has 0 heterocycles. The molecule has 2 aromatic carbocycles. The predicted octanol–water partition coefficient (Wildman–Crippen LogP) is 2.74. The highest BCUT2D eigenvalue weighted by molar-refractivity contribution is 7.80. The normalized spacial score (nSPS) is 12.2. The molecule has 1 amide bonds. The van der Waals surface area contributed by atoms with Crippen molar-refractivity contribution >= 4 is 23.1 Å². The Kier molecular flexibility index (Phi) is 6.02. The summed E-state index contributed by atoms with van der Waals surface area (Å²) in [6, 6.07) is 17.9. The van der Waals surface area contributed by atoms with Gasteiger partial charge in [0.05, 0.1) is 4.90 Å². The van der Waals surface area contributed by atoms with E-state index in [9.17, 15) is 9.00 Å². The first kappa shape index (κ1) is 16.1. The average molecular weight is 317 g/mol. The van der Waals surface area contributed by atoms with E-state index >= 15 is 0 Å². The molecule has 1 unspecified atom stereocenters. The lowest BCUT2D eigenvalue weighted by molar-refractivity contribution is -0.335. The van der Waals surface area contributed by atoms with Gasteiger partial charge in [-0.15, -0.1) is 4.33 Å². The summed E-state index contributed by atoms with van der Waals surface area (Å²) >= 11 is -1.80. The molecule has 0 aromatic heterocycles. The number of carbonyl (C=O) groups is 1. The summed E-state index contributed by atoms with van der Waals surface area (Å²) in [5.74, 6) is -0.436. The van der Waals surface area contributed by atoms with Crippen molar-refractivity contribution in [3.63, 3.8) is 0 Å². The van der Waals surface area contributed by atoms with Crippen LogP contribution in [0.1, 0.15) is 5.56 Å². The maximum absolute atomic E-state index is 11.8. The van der Waals surface area contributed by atoms with Gasteiger partial charge in [0.15, 0.2) is 0 Å². The molecule has 0 radical (unpaired) electrons. The van der Waals surface area contributed by atoms with Gasteiger partial charge in [-0.05, 0) is 23.8 Å². The van der Waals surface area contributed by atoms with E-state index in [4.69, 9.17) is 9.32 Å². The molecule has 0 saturated carbocycles. The molecule has 0 N–H and O–H groups in total. The predicted molar refractivity (Wildman–Crippen MR) is 83.3 cm³/mol. The molecule has 0 spiro atoms. The van der Waals surface area contributed by atoms with Crippen LogP contribution in [-0.2, 0) is 25.2 Å². The van der Waals surface area contributed by atoms with Crippen LogP contribution in [0.4, 0.5) is 0 Å². The summed E-state index contributed by atoms with van der Waals surface area (Å²) in [6.45, 7) is 0. The molecule has 22 heavy (non-hydrogen) atoms. The fourth-order valence-corrected chi connectivity index (χ4v) is 2.12. The molecule has 5 nitrogen and oxygen atoms in total. The van der Waals surface area contributed by atoms with Gasteiger partial charge in [-0.1, -0.05) is 53.5 Å². The number of rotatable bonds is 6. The Bertz CT molecular complexity index is 658. The van der Waals surface area contributed by atoms with E-state index in [1.807, 2.05) is 30.3 Å². The smallest absolute Gasteiger partial charge is 0.267 e. The van der Waals surface area contributed by atoms with Crippen molar-refractivity contribution in [2.75, 3.05) is 7.05 Å². The van der Waals surface area contributed by atoms with Crippen molar-refractivity contribution in [2.45, 2.75) is 4.90 Å². The summed E-state index contributed by atoms with van der Waals surface area (Å²) in [4.78, 5) is 17.0. The van der Waals surface area contributed by atoms with E-state index in [2.05, 4.69) is 0 Å². The van der Waals surface area contributed by atoms with Gasteiger partial charge in [-0.25, -0.2) is 4.21 Å². The minimum absolute atomic E-state index is 0.436. The molecular formula is C16H15NO4S. The summed E-state index contributed by atoms with van der Waals surface area (Å²) in [5, 5.41) is 0.861. The Hall–Kier alpha value is -2.28. The number of hydrogen-bond acceptors (Lipinski definition) is 4. The summed E-state index contributed by atoms with van der Waals surface area (Å²) in [7, 11) is 1.37. The number of hydrogen-bond donors (Lipinski definition) is 0. The Morgan fingerprint density at radius 3 is 2.27 bits per heavy atom. The van der Waals surface area contributed by atoms with E-state index in [1.165, 1.54) is 13.1 Å². The second-order valence-corrected chi connectivity index (χ2v) is 5.35. The van der Waals surface area contributed by atoms with Gasteiger partial charge >= 0.3 is 0 Å². The molecule has 0 aliphatic carbocycles. The maximum atomic E-state index is 11.8. The second kappa shape index (κ2) is 8.23. The molecule has 2 rings (SSSR count). The number of likely N-dealkylation sites (N-methyl/N-ethyl adjacent to an activating group) is 1. The van der Waals surface area contributed by atoms with E-state index in [-0.39, 0.29) is 0 Å². The van der Waals surface area contributed by atoms with Crippen LogP contribution < -0.4 is 0 Å². The van der Waals surface area contributed by atoms with Gasteiger partial charge in [-0.2, -0.15) is 5.06 Å². The first-order valence-electron chi connectivity index (χ1n) is 6.49. The molecule has 0 aliphatic rings. The number of carbonyl (C=O) groups excluding carboxylic acids is 1. The molecular weight excluding hydrogens is 302 g/mol. The molecule has 0 aliphatic heterocycles. The van der Waals surface area contributed by atoms with Gasteiger partial charge < -0.3 is 0 Å². The van der Waals surface area contributed by atoms with Crippen LogP contribution in [0.3, 0.4) is 0 Å². The first-order valence-corrected chi connectivity index (χ1v) is 7.57. The van der Waals surface area contributed by atoms with Crippen LogP contribution in [0.25, 0.3) is 6.08 Å². The van der Waals surface area contributed by atoms with Crippen LogP contribution in [0.2, 0.25) is 0 Å². The van der Waals surface area contributed by atoms with Gasteiger partial charge in [0.25, 0.3) is 5.91 Å². The van der Waals surface area contributed by atoms with Crippen LogP contribution in [0, 0.1) is 0 Å². The van der Waals surface area contributed by atoms with Crippen LogP contribution >= 0.6 is 0 Å². The van der Waals surface area contributed by atoms with Gasteiger partial charge in [0, 0.05) is 13.1 Å². The van der Waals surface area contributed by atoms with Crippen molar-refractivity contribution in [1.82, 2.24) is 5.06 Å². The average Bonchev–Trinajstić information content (AvgIpc) is 2.58. The zero-order valence-corrected chi connectivity index (χ0v) is 12.7.